The summed E-state index contributed by atoms with van der Waals surface area (Å²) in [6.45, 7) is 2.56. The molecule has 8 heteroatoms. The maximum Gasteiger partial charge on any atom is 0.212 e. The molecule has 0 N–H and O–H groups in total. The van der Waals surface area contributed by atoms with E-state index in [2.05, 4.69) is 15.0 Å². The molecule has 3 aromatic heterocycles. The molecule has 0 saturated carbocycles. The Balaban J connectivity index is 1.46. The van der Waals surface area contributed by atoms with E-state index < -0.39 is 0 Å². The number of aromatic nitrogens is 4. The van der Waals surface area contributed by atoms with Crippen LogP contribution in [0.25, 0.3) is 11.2 Å². The van der Waals surface area contributed by atoms with Crippen molar-refractivity contribution in [3.63, 3.8) is 0 Å². The maximum atomic E-state index is 6.32. The highest BCUT2D eigenvalue weighted by Gasteiger charge is 2.32. The molecule has 0 radical (unpaired) electrons. The highest BCUT2D eigenvalue weighted by molar-refractivity contribution is 5.70. The molecule has 0 spiro atoms. The van der Waals surface area contributed by atoms with Gasteiger partial charge in [0, 0.05) is 24.0 Å². The van der Waals surface area contributed by atoms with Crippen LogP contribution in [0.4, 0.5) is 0 Å². The summed E-state index contributed by atoms with van der Waals surface area (Å²) in [5.74, 6) is 2.40. The average molecular weight is 418 g/mol. The molecule has 31 heavy (non-hydrogen) atoms. The smallest absolute Gasteiger partial charge is 0.212 e. The number of imidazole rings is 1. The SMILES string of the molecule is COc1ccc([C@@H]2Oc3c(OC)cc(Cn4cnc5cccnc54)cc3O[C@H]2C)cn1. The van der Waals surface area contributed by atoms with Gasteiger partial charge in [-0.05, 0) is 42.8 Å². The quantitative estimate of drug-likeness (QED) is 0.488. The third-order valence-electron chi connectivity index (χ3n) is 5.31. The first kappa shape index (κ1) is 19.2. The summed E-state index contributed by atoms with van der Waals surface area (Å²) in [5, 5.41) is 0. The fourth-order valence-electron chi connectivity index (χ4n) is 3.79. The number of hydrogen-bond donors (Lipinski definition) is 0. The highest BCUT2D eigenvalue weighted by atomic mass is 16.6. The topological polar surface area (TPSA) is 80.5 Å². The normalized spacial score (nSPS) is 17.5. The predicted octanol–water partition coefficient (Wildman–Crippen LogP) is 3.79. The van der Waals surface area contributed by atoms with E-state index in [0.717, 1.165) is 22.3 Å². The van der Waals surface area contributed by atoms with Gasteiger partial charge in [-0.1, -0.05) is 0 Å². The van der Waals surface area contributed by atoms with Crippen molar-refractivity contribution in [3.8, 4) is 23.1 Å². The average Bonchev–Trinajstić information content (AvgIpc) is 3.21. The van der Waals surface area contributed by atoms with E-state index in [4.69, 9.17) is 18.9 Å². The van der Waals surface area contributed by atoms with Crippen molar-refractivity contribution in [1.82, 2.24) is 19.5 Å². The Labute approximate surface area is 179 Å². The van der Waals surface area contributed by atoms with Gasteiger partial charge in [0.05, 0.1) is 27.1 Å². The van der Waals surface area contributed by atoms with E-state index >= 15 is 0 Å². The number of fused-ring (bicyclic) bond motifs is 2. The molecule has 0 bridgehead atoms. The molecule has 0 fully saturated rings. The number of methoxy groups -OCH3 is 2. The van der Waals surface area contributed by atoms with Crippen molar-refractivity contribution in [2.24, 2.45) is 0 Å². The molecule has 0 aliphatic carbocycles. The highest BCUT2D eigenvalue weighted by Crippen LogP contribution is 2.46. The zero-order valence-electron chi connectivity index (χ0n) is 17.5. The first-order valence-corrected chi connectivity index (χ1v) is 9.96. The van der Waals surface area contributed by atoms with Crippen LogP contribution in [0.1, 0.15) is 24.2 Å². The minimum absolute atomic E-state index is 0.210. The van der Waals surface area contributed by atoms with Crippen molar-refractivity contribution in [2.75, 3.05) is 14.2 Å². The lowest BCUT2D eigenvalue weighted by molar-refractivity contribution is 0.0277. The third-order valence-corrected chi connectivity index (χ3v) is 5.31. The molecule has 1 aliphatic heterocycles. The van der Waals surface area contributed by atoms with Gasteiger partial charge in [-0.3, -0.25) is 0 Å². The summed E-state index contributed by atoms with van der Waals surface area (Å²) < 4.78 is 25.3. The molecular formula is C23H22N4O4. The molecular weight excluding hydrogens is 396 g/mol. The molecule has 1 aliphatic rings. The molecule has 5 rings (SSSR count). The van der Waals surface area contributed by atoms with Crippen LogP contribution in [-0.4, -0.2) is 39.8 Å². The Hall–Kier alpha value is -3.81. The van der Waals surface area contributed by atoms with Crippen molar-refractivity contribution in [2.45, 2.75) is 25.7 Å². The third kappa shape index (κ3) is 3.50. The van der Waals surface area contributed by atoms with Crippen LogP contribution in [0.15, 0.2) is 55.1 Å². The minimum atomic E-state index is -0.313. The van der Waals surface area contributed by atoms with Crippen LogP contribution >= 0.6 is 0 Å². The molecule has 0 amide bonds. The lowest BCUT2D eigenvalue weighted by Crippen LogP contribution is -2.31. The van der Waals surface area contributed by atoms with Gasteiger partial charge in [0.1, 0.15) is 11.6 Å². The number of pyridine rings is 2. The number of benzene rings is 1. The zero-order valence-corrected chi connectivity index (χ0v) is 17.5. The van der Waals surface area contributed by atoms with Gasteiger partial charge in [0.2, 0.25) is 11.6 Å². The Bertz CT molecular complexity index is 1220. The fraction of sp³-hybridized carbons (Fsp3) is 0.261. The second-order valence-corrected chi connectivity index (χ2v) is 7.34. The molecule has 4 aromatic rings. The second kappa shape index (κ2) is 7.79. The summed E-state index contributed by atoms with van der Waals surface area (Å²) in [4.78, 5) is 13.1. The Morgan fingerprint density at radius 3 is 2.71 bits per heavy atom. The van der Waals surface area contributed by atoms with E-state index in [1.54, 1.807) is 32.9 Å². The fourth-order valence-corrected chi connectivity index (χ4v) is 3.79. The summed E-state index contributed by atoms with van der Waals surface area (Å²) in [7, 11) is 3.21. The number of ether oxygens (including phenoxy) is 4. The van der Waals surface area contributed by atoms with Gasteiger partial charge in [-0.15, -0.1) is 0 Å². The van der Waals surface area contributed by atoms with Crippen LogP contribution in [0.2, 0.25) is 0 Å². The number of rotatable bonds is 5. The lowest BCUT2D eigenvalue weighted by atomic mass is 10.0. The molecule has 4 heterocycles. The summed E-state index contributed by atoms with van der Waals surface area (Å²) >= 11 is 0. The number of hydrogen-bond acceptors (Lipinski definition) is 7. The van der Waals surface area contributed by atoms with Gasteiger partial charge in [0.15, 0.2) is 23.3 Å². The van der Waals surface area contributed by atoms with E-state index in [1.807, 2.05) is 47.9 Å². The molecule has 0 unspecified atom stereocenters. The van der Waals surface area contributed by atoms with Crippen LogP contribution in [0.3, 0.4) is 0 Å². The standard InChI is InChI=1S/C23H22N4O4/c1-14-21(16-6-7-20(29-3)25-11-16)31-22-18(28-2)9-15(10-19(22)30-14)12-27-13-26-17-5-4-8-24-23(17)27/h4-11,13-14,21H,12H2,1-3H3/t14-,21+/m0/s1. The van der Waals surface area contributed by atoms with Crippen molar-refractivity contribution in [3.05, 3.63) is 66.2 Å². The molecule has 1 aromatic carbocycles. The van der Waals surface area contributed by atoms with Crippen molar-refractivity contribution < 1.29 is 18.9 Å². The van der Waals surface area contributed by atoms with Crippen LogP contribution < -0.4 is 18.9 Å². The number of nitrogens with zero attached hydrogens (tertiary/aromatic N) is 4. The maximum absolute atomic E-state index is 6.32. The van der Waals surface area contributed by atoms with Gasteiger partial charge < -0.3 is 23.5 Å². The second-order valence-electron chi connectivity index (χ2n) is 7.34. The predicted molar refractivity (Wildman–Crippen MR) is 114 cm³/mol. The van der Waals surface area contributed by atoms with Crippen molar-refractivity contribution in [1.29, 1.82) is 0 Å². The summed E-state index contributed by atoms with van der Waals surface area (Å²) in [6.07, 6.45) is 4.77. The summed E-state index contributed by atoms with van der Waals surface area (Å²) in [5.41, 5.74) is 3.59. The first-order valence-electron chi connectivity index (χ1n) is 9.96. The largest absolute Gasteiger partial charge is 0.493 e. The summed E-state index contributed by atoms with van der Waals surface area (Å²) in [6, 6.07) is 11.5. The van der Waals surface area contributed by atoms with Crippen molar-refractivity contribution >= 4 is 11.2 Å². The Morgan fingerprint density at radius 1 is 1.03 bits per heavy atom. The molecule has 158 valence electrons. The van der Waals surface area contributed by atoms with Crippen LogP contribution in [0, 0.1) is 0 Å². The monoisotopic (exact) mass is 418 g/mol. The minimum Gasteiger partial charge on any atom is -0.493 e. The molecule has 0 saturated heterocycles. The van der Waals surface area contributed by atoms with Gasteiger partial charge >= 0.3 is 0 Å². The Morgan fingerprint density at radius 2 is 1.94 bits per heavy atom. The van der Waals surface area contributed by atoms with Gasteiger partial charge in [0.25, 0.3) is 0 Å². The van der Waals surface area contributed by atoms with E-state index in [-0.39, 0.29) is 12.2 Å². The van der Waals surface area contributed by atoms with E-state index in [1.165, 1.54) is 0 Å². The first-order chi connectivity index (χ1) is 15.2. The van der Waals surface area contributed by atoms with Gasteiger partial charge in [-0.25, -0.2) is 15.0 Å². The van der Waals surface area contributed by atoms with Crippen LogP contribution in [-0.2, 0) is 6.54 Å². The van der Waals surface area contributed by atoms with Crippen LogP contribution in [0.5, 0.6) is 23.1 Å². The van der Waals surface area contributed by atoms with E-state index in [0.29, 0.717) is 29.7 Å². The Kier molecular flexibility index (Phi) is 4.82. The lowest BCUT2D eigenvalue weighted by Gasteiger charge is -2.33. The molecule has 8 nitrogen and oxygen atoms in total. The van der Waals surface area contributed by atoms with Gasteiger partial charge in [-0.2, -0.15) is 0 Å². The molecule has 2 atom stereocenters. The van der Waals surface area contributed by atoms with E-state index in [9.17, 15) is 0 Å². The zero-order chi connectivity index (χ0) is 21.4.